The summed E-state index contributed by atoms with van der Waals surface area (Å²) in [6, 6.07) is 8.64. The summed E-state index contributed by atoms with van der Waals surface area (Å²) in [5, 5.41) is 11.7. The van der Waals surface area contributed by atoms with Gasteiger partial charge in [-0.1, -0.05) is 12.1 Å². The number of H-pyrrole nitrogens is 1. The van der Waals surface area contributed by atoms with Gasteiger partial charge in [0.05, 0.1) is 17.8 Å². The van der Waals surface area contributed by atoms with Gasteiger partial charge in [0.15, 0.2) is 0 Å². The Morgan fingerprint density at radius 3 is 2.83 bits per heavy atom. The van der Waals surface area contributed by atoms with Gasteiger partial charge in [0.25, 0.3) is 0 Å². The molecule has 2 fully saturated rings. The molecular weight excluding hydrogens is 288 g/mol. The van der Waals surface area contributed by atoms with E-state index in [0.717, 1.165) is 45.3 Å². The van der Waals surface area contributed by atoms with Crippen LogP contribution in [0.15, 0.2) is 30.5 Å². The second-order valence-corrected chi connectivity index (χ2v) is 7.59. The Balaban J connectivity index is 1.43. The monoisotopic (exact) mass is 314 g/mol. The van der Waals surface area contributed by atoms with Crippen molar-refractivity contribution in [2.75, 3.05) is 19.7 Å². The Kier molecular flexibility index (Phi) is 3.71. The molecule has 1 aromatic carbocycles. The topological polar surface area (TPSA) is 48.5 Å². The van der Waals surface area contributed by atoms with Gasteiger partial charge in [0.1, 0.15) is 0 Å². The molecule has 2 saturated heterocycles. The highest BCUT2D eigenvalue weighted by Gasteiger charge is 2.44. The van der Waals surface area contributed by atoms with Crippen LogP contribution < -0.4 is 0 Å². The first-order chi connectivity index (χ1) is 11.1. The first kappa shape index (κ1) is 15.2. The van der Waals surface area contributed by atoms with E-state index in [1.54, 1.807) is 0 Å². The summed E-state index contributed by atoms with van der Waals surface area (Å²) in [7, 11) is 0. The van der Waals surface area contributed by atoms with Gasteiger partial charge in [-0.3, -0.25) is 4.90 Å². The number of aliphatic hydroxyl groups is 1. The molecule has 124 valence electrons. The summed E-state index contributed by atoms with van der Waals surface area (Å²) in [5.74, 6) is 0. The minimum absolute atomic E-state index is 0.0989. The maximum Gasteiger partial charge on any atom is 0.0734 e. The molecule has 2 aromatic rings. The van der Waals surface area contributed by atoms with Gasteiger partial charge in [-0.15, -0.1) is 0 Å². The van der Waals surface area contributed by atoms with Crippen molar-refractivity contribution in [2.45, 2.75) is 50.4 Å². The lowest BCUT2D eigenvalue weighted by Gasteiger charge is -2.48. The van der Waals surface area contributed by atoms with E-state index in [2.05, 4.69) is 34.1 Å². The fourth-order valence-corrected chi connectivity index (χ4v) is 4.29. The fraction of sp³-hybridized carbons (Fsp3) is 0.579. The third kappa shape index (κ3) is 3.03. The number of rotatable bonds is 2. The Labute approximate surface area is 137 Å². The number of piperidine rings is 1. The smallest absolute Gasteiger partial charge is 0.0734 e. The third-order valence-electron chi connectivity index (χ3n) is 5.60. The molecule has 1 spiro atoms. The molecule has 0 saturated carbocycles. The van der Waals surface area contributed by atoms with Crippen LogP contribution in [0.2, 0.25) is 0 Å². The zero-order valence-electron chi connectivity index (χ0n) is 13.8. The minimum Gasteiger partial charge on any atom is -0.390 e. The number of nitrogens with one attached hydrogen (secondary N) is 1. The van der Waals surface area contributed by atoms with Crippen LogP contribution in [0, 0.1) is 0 Å². The largest absolute Gasteiger partial charge is 0.390 e. The molecular formula is C19H26N2O2. The number of aromatic amines is 1. The Morgan fingerprint density at radius 2 is 2.04 bits per heavy atom. The molecule has 0 aliphatic carbocycles. The number of ether oxygens (including phenoxy) is 1. The molecule has 4 rings (SSSR count). The predicted octanol–water partition coefficient (Wildman–Crippen LogP) is 3.06. The predicted molar refractivity (Wildman–Crippen MR) is 91.4 cm³/mol. The number of likely N-dealkylation sites (tertiary alicyclic amines) is 1. The van der Waals surface area contributed by atoms with Crippen molar-refractivity contribution in [3.8, 4) is 0 Å². The molecule has 0 amide bonds. The Bertz CT molecular complexity index is 683. The van der Waals surface area contributed by atoms with Crippen molar-refractivity contribution in [1.82, 2.24) is 9.88 Å². The van der Waals surface area contributed by atoms with E-state index >= 15 is 0 Å². The molecule has 0 radical (unpaired) electrons. The average Bonchev–Trinajstić information content (AvgIpc) is 2.98. The van der Waals surface area contributed by atoms with E-state index in [9.17, 15) is 5.11 Å². The molecule has 3 heterocycles. The Morgan fingerprint density at radius 1 is 1.22 bits per heavy atom. The minimum atomic E-state index is -0.558. The van der Waals surface area contributed by atoms with Crippen LogP contribution in [0.4, 0.5) is 0 Å². The highest BCUT2D eigenvalue weighted by molar-refractivity contribution is 5.82. The van der Waals surface area contributed by atoms with Crippen molar-refractivity contribution in [1.29, 1.82) is 0 Å². The molecule has 23 heavy (non-hydrogen) atoms. The van der Waals surface area contributed by atoms with Crippen LogP contribution in [-0.4, -0.2) is 45.9 Å². The van der Waals surface area contributed by atoms with E-state index in [1.807, 2.05) is 13.1 Å². The number of hydrogen-bond donors (Lipinski definition) is 2. The zero-order chi connectivity index (χ0) is 15.9. The van der Waals surface area contributed by atoms with Crippen molar-refractivity contribution >= 4 is 10.9 Å². The summed E-state index contributed by atoms with van der Waals surface area (Å²) in [4.78, 5) is 5.80. The number of aromatic nitrogens is 1. The summed E-state index contributed by atoms with van der Waals surface area (Å²) < 4.78 is 6.11. The highest BCUT2D eigenvalue weighted by atomic mass is 16.5. The van der Waals surface area contributed by atoms with Crippen LogP contribution in [0.1, 0.15) is 38.2 Å². The summed E-state index contributed by atoms with van der Waals surface area (Å²) in [6.45, 7) is 5.71. The van der Waals surface area contributed by atoms with Gasteiger partial charge in [0.2, 0.25) is 0 Å². The maximum absolute atomic E-state index is 10.4. The number of benzene rings is 1. The third-order valence-corrected chi connectivity index (χ3v) is 5.60. The molecule has 0 bridgehead atoms. The summed E-state index contributed by atoms with van der Waals surface area (Å²) >= 11 is 0. The van der Waals surface area contributed by atoms with Gasteiger partial charge < -0.3 is 14.8 Å². The lowest BCUT2D eigenvalue weighted by atomic mass is 9.78. The zero-order valence-corrected chi connectivity index (χ0v) is 13.8. The second-order valence-electron chi connectivity index (χ2n) is 7.59. The quantitative estimate of drug-likeness (QED) is 0.895. The van der Waals surface area contributed by atoms with Crippen molar-refractivity contribution in [3.63, 3.8) is 0 Å². The van der Waals surface area contributed by atoms with E-state index in [0.29, 0.717) is 6.61 Å². The first-order valence-electron chi connectivity index (χ1n) is 8.69. The van der Waals surface area contributed by atoms with E-state index in [1.165, 1.54) is 16.5 Å². The first-order valence-corrected chi connectivity index (χ1v) is 8.69. The SMILES string of the molecule is CC1(O)CCOC2(CCN(Cc3cccc4[nH]ccc34)CC2)C1. The summed E-state index contributed by atoms with van der Waals surface area (Å²) in [5.41, 5.74) is 1.94. The van der Waals surface area contributed by atoms with E-state index in [-0.39, 0.29) is 5.60 Å². The molecule has 4 heteroatoms. The second kappa shape index (κ2) is 5.62. The normalized spacial score (nSPS) is 28.4. The Hall–Kier alpha value is -1.36. The van der Waals surface area contributed by atoms with Crippen molar-refractivity contribution in [3.05, 3.63) is 36.0 Å². The van der Waals surface area contributed by atoms with Crippen LogP contribution in [0.25, 0.3) is 10.9 Å². The molecule has 2 aliphatic rings. The maximum atomic E-state index is 10.4. The summed E-state index contributed by atoms with van der Waals surface area (Å²) in [6.07, 6.45) is 5.59. The number of hydrogen-bond acceptors (Lipinski definition) is 3. The van der Waals surface area contributed by atoms with Gasteiger partial charge in [-0.05, 0) is 43.9 Å². The van der Waals surface area contributed by atoms with E-state index in [4.69, 9.17) is 4.74 Å². The van der Waals surface area contributed by atoms with Crippen molar-refractivity contribution < 1.29 is 9.84 Å². The number of fused-ring (bicyclic) bond motifs is 1. The van der Waals surface area contributed by atoms with Crippen LogP contribution >= 0.6 is 0 Å². The molecule has 4 nitrogen and oxygen atoms in total. The molecule has 2 aliphatic heterocycles. The van der Waals surface area contributed by atoms with Gasteiger partial charge in [0, 0.05) is 43.2 Å². The van der Waals surface area contributed by atoms with Crippen LogP contribution in [-0.2, 0) is 11.3 Å². The lowest BCUT2D eigenvalue weighted by Crippen LogP contribution is -2.53. The molecule has 2 N–H and O–H groups in total. The lowest BCUT2D eigenvalue weighted by molar-refractivity contribution is -0.173. The molecule has 1 unspecified atom stereocenters. The number of nitrogens with zero attached hydrogens (tertiary/aromatic N) is 1. The van der Waals surface area contributed by atoms with Crippen molar-refractivity contribution in [2.24, 2.45) is 0 Å². The molecule has 1 atom stereocenters. The van der Waals surface area contributed by atoms with Crippen LogP contribution in [0.3, 0.4) is 0 Å². The van der Waals surface area contributed by atoms with Crippen LogP contribution in [0.5, 0.6) is 0 Å². The standard InChI is InChI=1S/C19H26N2O2/c1-18(22)8-12-23-19(14-18)6-10-21(11-7-19)13-15-3-2-4-17-16(15)5-9-20-17/h2-5,9,20,22H,6-8,10-14H2,1H3. The molecule has 1 aromatic heterocycles. The van der Waals surface area contributed by atoms with E-state index < -0.39 is 5.60 Å². The fourth-order valence-electron chi connectivity index (χ4n) is 4.29. The average molecular weight is 314 g/mol. The van der Waals surface area contributed by atoms with Gasteiger partial charge in [-0.2, -0.15) is 0 Å². The highest BCUT2D eigenvalue weighted by Crippen LogP contribution is 2.39. The van der Waals surface area contributed by atoms with Gasteiger partial charge >= 0.3 is 0 Å². The van der Waals surface area contributed by atoms with Gasteiger partial charge in [-0.25, -0.2) is 0 Å².